The van der Waals surface area contributed by atoms with Crippen molar-refractivity contribution in [3.8, 4) is 0 Å². The Balaban J connectivity index is 1.96. The zero-order valence-corrected chi connectivity index (χ0v) is 12.1. The Bertz CT molecular complexity index is 558. The van der Waals surface area contributed by atoms with Crippen molar-refractivity contribution < 1.29 is 0 Å². The van der Waals surface area contributed by atoms with E-state index in [1.807, 2.05) is 44.2 Å². The summed E-state index contributed by atoms with van der Waals surface area (Å²) >= 11 is 0. The summed E-state index contributed by atoms with van der Waals surface area (Å²) in [6.07, 6.45) is 1.69. The number of aromatic nitrogens is 3. The predicted octanol–water partition coefficient (Wildman–Crippen LogP) is 1.02. The van der Waals surface area contributed by atoms with Gasteiger partial charge in [0.1, 0.15) is 6.33 Å². The van der Waals surface area contributed by atoms with Crippen LogP contribution >= 0.6 is 0 Å². The van der Waals surface area contributed by atoms with E-state index in [2.05, 4.69) is 32.5 Å². The smallest absolute Gasteiger partial charge is 0.194 e. The largest absolute Gasteiger partial charge is 0.349 e. The first-order chi connectivity index (χ1) is 9.65. The quantitative estimate of drug-likeness (QED) is 0.667. The van der Waals surface area contributed by atoms with Gasteiger partial charge in [0.25, 0.3) is 0 Å². The average Bonchev–Trinajstić information content (AvgIpc) is 2.85. The number of nitrogens with one attached hydrogen (secondary N) is 1. The minimum atomic E-state index is 0.562. The van der Waals surface area contributed by atoms with Gasteiger partial charge >= 0.3 is 0 Å². The molecule has 0 fully saturated rings. The molecule has 6 heteroatoms. The van der Waals surface area contributed by atoms with Crippen LogP contribution in [0.5, 0.6) is 0 Å². The van der Waals surface area contributed by atoms with E-state index in [0.717, 1.165) is 11.8 Å². The molecule has 0 saturated heterocycles. The van der Waals surface area contributed by atoms with E-state index >= 15 is 0 Å². The predicted molar refractivity (Wildman–Crippen MR) is 79.1 cm³/mol. The van der Waals surface area contributed by atoms with Gasteiger partial charge in [-0.15, -0.1) is 0 Å². The van der Waals surface area contributed by atoms with Crippen LogP contribution in [0, 0.1) is 0 Å². The average molecular weight is 272 g/mol. The lowest BCUT2D eigenvalue weighted by Gasteiger charge is -2.16. The molecule has 20 heavy (non-hydrogen) atoms. The monoisotopic (exact) mass is 272 g/mol. The molecule has 0 atom stereocenters. The number of benzene rings is 1. The van der Waals surface area contributed by atoms with Crippen LogP contribution in [0.3, 0.4) is 0 Å². The first-order valence-corrected chi connectivity index (χ1v) is 6.49. The van der Waals surface area contributed by atoms with Gasteiger partial charge in [-0.05, 0) is 5.56 Å². The highest BCUT2D eigenvalue weighted by Crippen LogP contribution is 2.00. The van der Waals surface area contributed by atoms with Crippen molar-refractivity contribution in [3.05, 3.63) is 48.0 Å². The molecule has 0 spiro atoms. The fourth-order valence-electron chi connectivity index (χ4n) is 1.73. The van der Waals surface area contributed by atoms with Crippen molar-refractivity contribution in [3.63, 3.8) is 0 Å². The number of rotatable bonds is 4. The minimum Gasteiger partial charge on any atom is -0.349 e. The molecule has 0 radical (unpaired) electrons. The van der Waals surface area contributed by atoms with Crippen LogP contribution in [0.25, 0.3) is 0 Å². The molecule has 1 N–H and O–H groups in total. The zero-order chi connectivity index (χ0) is 14.4. The Labute approximate surface area is 119 Å². The fraction of sp³-hybridized carbons (Fsp3) is 0.357. The molecule has 0 amide bonds. The van der Waals surface area contributed by atoms with Crippen LogP contribution in [-0.4, -0.2) is 39.7 Å². The van der Waals surface area contributed by atoms with Gasteiger partial charge in [-0.25, -0.2) is 9.98 Å². The molecule has 0 unspecified atom stereocenters. The standard InChI is InChI=1S/C14H20N6/c1-19(2)14(15-9-12-7-5-4-6-8-12)16-10-13-17-11-20(3)18-13/h4-8,11H,9-10H2,1-3H3,(H,15,16). The number of guanidine groups is 1. The van der Waals surface area contributed by atoms with Gasteiger partial charge in [0.15, 0.2) is 11.8 Å². The highest BCUT2D eigenvalue weighted by molar-refractivity contribution is 5.79. The van der Waals surface area contributed by atoms with E-state index in [9.17, 15) is 0 Å². The lowest BCUT2D eigenvalue weighted by atomic mass is 10.2. The van der Waals surface area contributed by atoms with E-state index in [1.54, 1.807) is 11.0 Å². The zero-order valence-electron chi connectivity index (χ0n) is 12.1. The van der Waals surface area contributed by atoms with Gasteiger partial charge in [-0.2, -0.15) is 5.10 Å². The summed E-state index contributed by atoms with van der Waals surface area (Å²) in [6, 6.07) is 10.2. The molecule has 0 aliphatic heterocycles. The van der Waals surface area contributed by atoms with E-state index in [-0.39, 0.29) is 0 Å². The maximum absolute atomic E-state index is 4.58. The summed E-state index contributed by atoms with van der Waals surface area (Å²) in [5.41, 5.74) is 1.18. The van der Waals surface area contributed by atoms with E-state index in [1.165, 1.54) is 5.56 Å². The molecule has 2 rings (SSSR count). The van der Waals surface area contributed by atoms with Crippen molar-refractivity contribution >= 4 is 5.96 Å². The van der Waals surface area contributed by atoms with Crippen LogP contribution in [0.1, 0.15) is 11.4 Å². The molecule has 0 aliphatic carbocycles. The minimum absolute atomic E-state index is 0.562. The maximum Gasteiger partial charge on any atom is 0.194 e. The normalized spacial score (nSPS) is 11.4. The van der Waals surface area contributed by atoms with Crippen molar-refractivity contribution in [1.82, 2.24) is 25.0 Å². The Morgan fingerprint density at radius 3 is 2.65 bits per heavy atom. The summed E-state index contributed by atoms with van der Waals surface area (Å²) in [5.74, 6) is 1.57. The van der Waals surface area contributed by atoms with Crippen molar-refractivity contribution in [2.24, 2.45) is 12.0 Å². The van der Waals surface area contributed by atoms with Crippen LogP contribution in [-0.2, 0) is 20.1 Å². The molecule has 2 aromatic rings. The topological polar surface area (TPSA) is 58.3 Å². The van der Waals surface area contributed by atoms with Gasteiger partial charge in [0, 0.05) is 21.1 Å². The van der Waals surface area contributed by atoms with Crippen LogP contribution < -0.4 is 5.32 Å². The molecule has 0 saturated carbocycles. The number of aliphatic imine (C=N–C) groups is 1. The second-order valence-corrected chi connectivity index (χ2v) is 4.71. The van der Waals surface area contributed by atoms with E-state index < -0.39 is 0 Å². The summed E-state index contributed by atoms with van der Waals surface area (Å²) in [5, 5.41) is 7.49. The van der Waals surface area contributed by atoms with E-state index in [0.29, 0.717) is 13.1 Å². The molecule has 106 valence electrons. The lowest BCUT2D eigenvalue weighted by Crippen LogP contribution is -2.36. The summed E-state index contributed by atoms with van der Waals surface area (Å²) in [4.78, 5) is 10.7. The van der Waals surface area contributed by atoms with Crippen molar-refractivity contribution in [2.75, 3.05) is 14.1 Å². The first-order valence-electron chi connectivity index (χ1n) is 6.49. The van der Waals surface area contributed by atoms with Gasteiger partial charge in [-0.3, -0.25) is 4.68 Å². The Morgan fingerprint density at radius 1 is 1.30 bits per heavy atom. The van der Waals surface area contributed by atoms with Gasteiger partial charge in [0.2, 0.25) is 0 Å². The summed E-state index contributed by atoms with van der Waals surface area (Å²) in [7, 11) is 5.78. The molecule has 0 bridgehead atoms. The highest BCUT2D eigenvalue weighted by Gasteiger charge is 2.04. The first kappa shape index (κ1) is 14.0. The molecular formula is C14H20N6. The maximum atomic E-state index is 4.58. The molecule has 1 aromatic heterocycles. The highest BCUT2D eigenvalue weighted by atomic mass is 15.3. The van der Waals surface area contributed by atoms with Crippen LogP contribution in [0.4, 0.5) is 0 Å². The van der Waals surface area contributed by atoms with Gasteiger partial charge < -0.3 is 10.2 Å². The third-order valence-corrected chi connectivity index (χ3v) is 2.73. The summed E-state index contributed by atoms with van der Waals surface area (Å²) in [6.45, 7) is 1.21. The number of hydrogen-bond donors (Lipinski definition) is 1. The summed E-state index contributed by atoms with van der Waals surface area (Å²) < 4.78 is 1.69. The van der Waals surface area contributed by atoms with Crippen LogP contribution in [0.2, 0.25) is 0 Å². The van der Waals surface area contributed by atoms with Gasteiger partial charge in [0.05, 0.1) is 13.1 Å². The SMILES string of the molecule is CN(C)C(=NCc1ccccc1)NCc1ncn(C)n1. The van der Waals surface area contributed by atoms with Crippen molar-refractivity contribution in [2.45, 2.75) is 13.1 Å². The van der Waals surface area contributed by atoms with Crippen molar-refractivity contribution in [1.29, 1.82) is 0 Å². The molecule has 0 aliphatic rings. The molecular weight excluding hydrogens is 252 g/mol. The Hall–Kier alpha value is -2.37. The van der Waals surface area contributed by atoms with Crippen LogP contribution in [0.15, 0.2) is 41.7 Å². The molecule has 6 nitrogen and oxygen atoms in total. The third-order valence-electron chi connectivity index (χ3n) is 2.73. The lowest BCUT2D eigenvalue weighted by molar-refractivity contribution is 0.574. The second-order valence-electron chi connectivity index (χ2n) is 4.71. The van der Waals surface area contributed by atoms with Gasteiger partial charge in [-0.1, -0.05) is 30.3 Å². The Kier molecular flexibility index (Phi) is 4.70. The fourth-order valence-corrected chi connectivity index (χ4v) is 1.73. The number of hydrogen-bond acceptors (Lipinski definition) is 3. The third kappa shape index (κ3) is 4.08. The molecule has 1 aromatic carbocycles. The van der Waals surface area contributed by atoms with E-state index in [4.69, 9.17) is 0 Å². The Morgan fingerprint density at radius 2 is 2.05 bits per heavy atom. The second kappa shape index (κ2) is 6.70. The number of nitrogens with zero attached hydrogens (tertiary/aromatic N) is 5. The number of aryl methyl sites for hydroxylation is 1. The molecule has 1 heterocycles.